The predicted molar refractivity (Wildman–Crippen MR) is 71.5 cm³/mol. The summed E-state index contributed by atoms with van der Waals surface area (Å²) in [6.45, 7) is 4.08. The smallest absolute Gasteiger partial charge is 0.119 e. The summed E-state index contributed by atoms with van der Waals surface area (Å²) in [5.41, 5.74) is 0.854. The third-order valence-corrected chi connectivity index (χ3v) is 3.10. The SMILES string of the molecule is COc1ccc2c(C(C#N)C(C)C)nccc2c1. The minimum Gasteiger partial charge on any atom is -0.497 e. The van der Waals surface area contributed by atoms with E-state index in [1.165, 1.54) is 0 Å². The predicted octanol–water partition coefficient (Wildman–Crippen LogP) is 3.51. The number of pyridine rings is 1. The number of hydrogen-bond donors (Lipinski definition) is 0. The Kier molecular flexibility index (Phi) is 3.47. The van der Waals surface area contributed by atoms with Crippen molar-refractivity contribution < 1.29 is 4.74 Å². The van der Waals surface area contributed by atoms with E-state index in [1.807, 2.05) is 38.1 Å². The summed E-state index contributed by atoms with van der Waals surface area (Å²) in [7, 11) is 1.65. The van der Waals surface area contributed by atoms with Gasteiger partial charge in [0.05, 0.1) is 24.8 Å². The summed E-state index contributed by atoms with van der Waals surface area (Å²) in [4.78, 5) is 4.39. The first kappa shape index (κ1) is 12.4. The second kappa shape index (κ2) is 5.05. The fourth-order valence-electron chi connectivity index (χ4n) is 2.08. The highest BCUT2D eigenvalue weighted by atomic mass is 16.5. The monoisotopic (exact) mass is 240 g/mol. The lowest BCUT2D eigenvalue weighted by molar-refractivity contribution is 0.415. The van der Waals surface area contributed by atoms with Gasteiger partial charge in [-0.25, -0.2) is 0 Å². The first-order chi connectivity index (χ1) is 8.67. The lowest BCUT2D eigenvalue weighted by Gasteiger charge is -2.14. The molecule has 0 saturated heterocycles. The first-order valence-electron chi connectivity index (χ1n) is 5.99. The number of benzene rings is 1. The Bertz CT molecular complexity index is 599. The molecular formula is C15H16N2O. The van der Waals surface area contributed by atoms with Gasteiger partial charge < -0.3 is 4.74 Å². The molecule has 18 heavy (non-hydrogen) atoms. The normalized spacial score (nSPS) is 12.4. The average molecular weight is 240 g/mol. The molecule has 0 aliphatic carbocycles. The van der Waals surface area contributed by atoms with Crippen molar-refractivity contribution in [2.24, 2.45) is 5.92 Å². The molecule has 0 fully saturated rings. The van der Waals surface area contributed by atoms with Crippen molar-refractivity contribution >= 4 is 10.8 Å². The van der Waals surface area contributed by atoms with Gasteiger partial charge in [0.2, 0.25) is 0 Å². The number of nitriles is 1. The molecule has 0 aliphatic rings. The van der Waals surface area contributed by atoms with Gasteiger partial charge >= 0.3 is 0 Å². The van der Waals surface area contributed by atoms with Crippen molar-refractivity contribution in [3.63, 3.8) is 0 Å². The largest absolute Gasteiger partial charge is 0.497 e. The zero-order chi connectivity index (χ0) is 13.1. The second-order valence-corrected chi connectivity index (χ2v) is 4.63. The second-order valence-electron chi connectivity index (χ2n) is 4.63. The minimum atomic E-state index is -0.179. The van der Waals surface area contributed by atoms with E-state index < -0.39 is 0 Å². The van der Waals surface area contributed by atoms with Gasteiger partial charge in [0.25, 0.3) is 0 Å². The summed E-state index contributed by atoms with van der Waals surface area (Å²) in [6, 6.07) is 10.1. The molecule has 0 saturated carbocycles. The molecule has 0 amide bonds. The molecule has 2 aromatic rings. The van der Waals surface area contributed by atoms with Crippen LogP contribution in [0.3, 0.4) is 0 Å². The number of rotatable bonds is 3. The van der Waals surface area contributed by atoms with Crippen molar-refractivity contribution in [2.75, 3.05) is 7.11 Å². The molecule has 0 bridgehead atoms. The van der Waals surface area contributed by atoms with Crippen LogP contribution in [-0.2, 0) is 0 Å². The van der Waals surface area contributed by atoms with Gasteiger partial charge in [0.1, 0.15) is 5.75 Å². The van der Waals surface area contributed by atoms with Crippen LogP contribution in [0.5, 0.6) is 5.75 Å². The standard InChI is InChI=1S/C15H16N2O/c1-10(2)14(9-16)15-13-5-4-12(18-3)8-11(13)6-7-17-15/h4-8,10,14H,1-3H3. The molecule has 92 valence electrons. The third kappa shape index (κ3) is 2.14. The molecule has 1 aromatic heterocycles. The molecule has 3 nitrogen and oxygen atoms in total. The molecule has 1 atom stereocenters. The number of hydrogen-bond acceptors (Lipinski definition) is 3. The van der Waals surface area contributed by atoms with E-state index in [0.717, 1.165) is 22.2 Å². The Morgan fingerprint density at radius 1 is 1.28 bits per heavy atom. The van der Waals surface area contributed by atoms with Crippen LogP contribution in [0.2, 0.25) is 0 Å². The minimum absolute atomic E-state index is 0.179. The summed E-state index contributed by atoms with van der Waals surface area (Å²) in [5, 5.41) is 11.4. The molecule has 0 aliphatic heterocycles. The maximum absolute atomic E-state index is 9.30. The third-order valence-electron chi connectivity index (χ3n) is 3.10. The van der Waals surface area contributed by atoms with Crippen LogP contribution in [0, 0.1) is 17.2 Å². The molecule has 1 aromatic carbocycles. The zero-order valence-electron chi connectivity index (χ0n) is 10.8. The van der Waals surface area contributed by atoms with Crippen molar-refractivity contribution in [3.8, 4) is 11.8 Å². The Hall–Kier alpha value is -2.08. The summed E-state index contributed by atoms with van der Waals surface area (Å²) >= 11 is 0. The highest BCUT2D eigenvalue weighted by Gasteiger charge is 2.19. The van der Waals surface area contributed by atoms with Gasteiger partial charge in [-0.2, -0.15) is 5.26 Å². The topological polar surface area (TPSA) is 45.9 Å². The maximum atomic E-state index is 9.30. The van der Waals surface area contributed by atoms with Gasteiger partial charge in [-0.1, -0.05) is 13.8 Å². The fraction of sp³-hybridized carbons (Fsp3) is 0.333. The Balaban J connectivity index is 2.62. The lowest BCUT2D eigenvalue weighted by Crippen LogP contribution is -2.06. The molecule has 3 heteroatoms. The average Bonchev–Trinajstić information content (AvgIpc) is 2.38. The van der Waals surface area contributed by atoms with Crippen LogP contribution in [0.25, 0.3) is 10.8 Å². The number of aromatic nitrogens is 1. The zero-order valence-corrected chi connectivity index (χ0v) is 10.8. The molecule has 0 radical (unpaired) electrons. The van der Waals surface area contributed by atoms with Crippen LogP contribution in [-0.4, -0.2) is 12.1 Å². The maximum Gasteiger partial charge on any atom is 0.119 e. The van der Waals surface area contributed by atoms with Gasteiger partial charge in [-0.3, -0.25) is 4.98 Å². The van der Waals surface area contributed by atoms with Crippen molar-refractivity contribution in [1.82, 2.24) is 4.98 Å². The summed E-state index contributed by atoms with van der Waals surface area (Å²) in [5.74, 6) is 0.884. The Labute approximate surface area is 107 Å². The van der Waals surface area contributed by atoms with Gasteiger partial charge in [0.15, 0.2) is 0 Å². The van der Waals surface area contributed by atoms with Crippen LogP contribution in [0.15, 0.2) is 30.5 Å². The van der Waals surface area contributed by atoms with Crippen molar-refractivity contribution in [1.29, 1.82) is 5.26 Å². The van der Waals surface area contributed by atoms with E-state index in [9.17, 15) is 5.26 Å². The molecular weight excluding hydrogens is 224 g/mol. The molecule has 1 heterocycles. The highest BCUT2D eigenvalue weighted by Crippen LogP contribution is 2.30. The van der Waals surface area contributed by atoms with E-state index in [-0.39, 0.29) is 11.8 Å². The van der Waals surface area contributed by atoms with E-state index >= 15 is 0 Å². The van der Waals surface area contributed by atoms with Crippen molar-refractivity contribution in [2.45, 2.75) is 19.8 Å². The van der Waals surface area contributed by atoms with Crippen molar-refractivity contribution in [3.05, 3.63) is 36.2 Å². The quantitative estimate of drug-likeness (QED) is 0.824. The summed E-state index contributed by atoms with van der Waals surface area (Å²) in [6.07, 6.45) is 1.75. The van der Waals surface area contributed by atoms with Gasteiger partial charge in [0, 0.05) is 11.6 Å². The number of fused-ring (bicyclic) bond motifs is 1. The van der Waals surface area contributed by atoms with Gasteiger partial charge in [-0.05, 0) is 35.6 Å². The molecule has 2 rings (SSSR count). The number of ether oxygens (including phenoxy) is 1. The van der Waals surface area contributed by atoms with Gasteiger partial charge in [-0.15, -0.1) is 0 Å². The molecule has 1 unspecified atom stereocenters. The number of nitrogens with zero attached hydrogens (tertiary/aromatic N) is 2. The first-order valence-corrected chi connectivity index (χ1v) is 5.99. The Morgan fingerprint density at radius 2 is 2.06 bits per heavy atom. The lowest BCUT2D eigenvalue weighted by atomic mass is 9.90. The Morgan fingerprint density at radius 3 is 2.67 bits per heavy atom. The van der Waals surface area contributed by atoms with Crippen LogP contribution >= 0.6 is 0 Å². The van der Waals surface area contributed by atoms with E-state index in [0.29, 0.717) is 0 Å². The fourth-order valence-corrected chi connectivity index (χ4v) is 2.08. The summed E-state index contributed by atoms with van der Waals surface area (Å²) < 4.78 is 5.21. The van der Waals surface area contributed by atoms with E-state index in [4.69, 9.17) is 4.74 Å². The molecule has 0 spiro atoms. The highest BCUT2D eigenvalue weighted by molar-refractivity contribution is 5.86. The van der Waals surface area contributed by atoms with Crippen LogP contribution < -0.4 is 4.74 Å². The van der Waals surface area contributed by atoms with E-state index in [2.05, 4.69) is 11.1 Å². The van der Waals surface area contributed by atoms with E-state index in [1.54, 1.807) is 13.3 Å². The molecule has 0 N–H and O–H groups in total. The number of methoxy groups -OCH3 is 1. The van der Waals surface area contributed by atoms with Crippen LogP contribution in [0.4, 0.5) is 0 Å². The van der Waals surface area contributed by atoms with Crippen LogP contribution in [0.1, 0.15) is 25.5 Å².